The number of hydrogen-bond acceptors (Lipinski definition) is 6. The second-order valence-electron chi connectivity index (χ2n) is 9.10. The number of hydrogen-bond donors (Lipinski definition) is 2. The van der Waals surface area contributed by atoms with E-state index in [2.05, 4.69) is 14.8 Å². The maximum Gasteiger partial charge on any atom is 0.490 e. The lowest BCUT2D eigenvalue weighted by Crippen LogP contribution is -2.47. The van der Waals surface area contributed by atoms with Gasteiger partial charge in [0.2, 0.25) is 5.91 Å². The van der Waals surface area contributed by atoms with Crippen LogP contribution in [0.3, 0.4) is 0 Å². The molecule has 4 heterocycles. The average molecular weight is 567 g/mol. The van der Waals surface area contributed by atoms with E-state index in [0.29, 0.717) is 6.42 Å². The Morgan fingerprint density at radius 1 is 0.949 bits per heavy atom. The summed E-state index contributed by atoms with van der Waals surface area (Å²) in [6, 6.07) is 7.85. The van der Waals surface area contributed by atoms with E-state index in [-0.39, 0.29) is 11.3 Å². The Morgan fingerprint density at radius 2 is 1.59 bits per heavy atom. The van der Waals surface area contributed by atoms with Crippen molar-refractivity contribution < 1.29 is 55.4 Å². The van der Waals surface area contributed by atoms with E-state index >= 15 is 0 Å². The molecule has 1 amide bonds. The van der Waals surface area contributed by atoms with Crippen molar-refractivity contribution in [3.8, 4) is 0 Å². The van der Waals surface area contributed by atoms with Gasteiger partial charge in [0.05, 0.1) is 19.2 Å². The van der Waals surface area contributed by atoms with Gasteiger partial charge in [-0.3, -0.25) is 14.7 Å². The van der Waals surface area contributed by atoms with Crippen molar-refractivity contribution in [3.63, 3.8) is 0 Å². The van der Waals surface area contributed by atoms with Gasteiger partial charge in [-0.1, -0.05) is 6.07 Å². The molecule has 2 aliphatic heterocycles. The van der Waals surface area contributed by atoms with Crippen LogP contribution in [0, 0.1) is 5.41 Å². The number of carboxylic acids is 2. The molecule has 4 rings (SSSR count). The first-order chi connectivity index (χ1) is 18.1. The first-order valence-electron chi connectivity index (χ1n) is 11.6. The van der Waals surface area contributed by atoms with Gasteiger partial charge in [-0.2, -0.15) is 26.3 Å². The molecule has 0 bridgehead atoms. The molecule has 2 aromatic rings. The zero-order valence-corrected chi connectivity index (χ0v) is 20.5. The molecule has 1 unspecified atom stereocenters. The van der Waals surface area contributed by atoms with Crippen molar-refractivity contribution in [2.75, 3.05) is 26.2 Å². The lowest BCUT2D eigenvalue weighted by molar-refractivity contribution is -0.193. The van der Waals surface area contributed by atoms with Gasteiger partial charge in [0.25, 0.3) is 0 Å². The molecule has 0 aromatic carbocycles. The summed E-state index contributed by atoms with van der Waals surface area (Å²) in [6.07, 6.45) is -0.939. The van der Waals surface area contributed by atoms with Crippen LogP contribution in [0.1, 0.15) is 30.6 Å². The molecule has 15 heteroatoms. The lowest BCUT2D eigenvalue weighted by atomic mass is 9.79. The fourth-order valence-electron chi connectivity index (χ4n) is 4.33. The highest BCUT2D eigenvalue weighted by Gasteiger charge is 2.42. The molecule has 2 saturated heterocycles. The van der Waals surface area contributed by atoms with Crippen molar-refractivity contribution in [3.05, 3.63) is 54.2 Å². The summed E-state index contributed by atoms with van der Waals surface area (Å²) in [5.74, 6) is -4.26. The number of amides is 1. The van der Waals surface area contributed by atoms with Crippen LogP contribution in [-0.2, 0) is 27.3 Å². The maximum atomic E-state index is 12.7. The minimum Gasteiger partial charge on any atom is -0.475 e. The number of aromatic nitrogens is 1. The van der Waals surface area contributed by atoms with Gasteiger partial charge in [-0.25, -0.2) is 9.59 Å². The van der Waals surface area contributed by atoms with E-state index in [9.17, 15) is 31.1 Å². The van der Waals surface area contributed by atoms with E-state index in [1.54, 1.807) is 18.7 Å². The van der Waals surface area contributed by atoms with Crippen molar-refractivity contribution in [2.24, 2.45) is 5.41 Å². The minimum absolute atomic E-state index is 0.233. The zero-order chi connectivity index (χ0) is 29.3. The Balaban J connectivity index is 0.000000317. The van der Waals surface area contributed by atoms with Crippen LogP contribution in [-0.4, -0.2) is 81.4 Å². The van der Waals surface area contributed by atoms with Crippen LogP contribution in [0.15, 0.2) is 47.3 Å². The molecule has 2 aliphatic rings. The quantitative estimate of drug-likeness (QED) is 0.532. The number of furan rings is 1. The number of nitrogens with zero attached hydrogens (tertiary/aromatic N) is 3. The third-order valence-electron chi connectivity index (χ3n) is 6.05. The van der Waals surface area contributed by atoms with E-state index in [4.69, 9.17) is 24.2 Å². The topological polar surface area (TPSA) is 124 Å². The predicted octanol–water partition coefficient (Wildman–Crippen LogP) is 4.00. The molecule has 0 saturated carbocycles. The minimum atomic E-state index is -5.08. The highest BCUT2D eigenvalue weighted by atomic mass is 19.4. The Kier molecular flexibility index (Phi) is 10.9. The summed E-state index contributed by atoms with van der Waals surface area (Å²) in [5.41, 5.74) is 1.26. The molecule has 0 aliphatic carbocycles. The number of carbonyl (C=O) groups is 3. The summed E-state index contributed by atoms with van der Waals surface area (Å²) in [5, 5.41) is 14.2. The highest BCUT2D eigenvalue weighted by molar-refractivity contribution is 5.78. The van der Waals surface area contributed by atoms with Crippen LogP contribution in [0.5, 0.6) is 0 Å². The molecular formula is C24H27F6N3O6. The van der Waals surface area contributed by atoms with Crippen molar-refractivity contribution >= 4 is 17.8 Å². The summed E-state index contributed by atoms with van der Waals surface area (Å²) in [6.45, 7) is 4.80. The number of pyridine rings is 1. The standard InChI is InChI=1S/C20H25N3O2.2C2HF3O2/c24-19(12-17-4-1-8-21-13-17)23-9-3-6-20(16-23)7-10-22(15-20)14-18-5-2-11-25-18;2*3-2(4,5)1(6)7/h1-2,4-5,8,11,13H,3,6-7,9-10,12,14-16H2;2*(H,6,7). The molecule has 2 fully saturated rings. The number of carbonyl (C=O) groups excluding carboxylic acids is 1. The number of piperidine rings is 1. The Morgan fingerprint density at radius 3 is 2.10 bits per heavy atom. The first kappa shape index (κ1) is 31.6. The fourth-order valence-corrected chi connectivity index (χ4v) is 4.33. The summed E-state index contributed by atoms with van der Waals surface area (Å²) in [4.78, 5) is 39.2. The van der Waals surface area contributed by atoms with Gasteiger partial charge >= 0.3 is 24.3 Å². The summed E-state index contributed by atoms with van der Waals surface area (Å²) >= 11 is 0. The molecule has 2 aromatic heterocycles. The Bertz CT molecular complexity index is 1050. The van der Waals surface area contributed by atoms with Gasteiger partial charge in [0.15, 0.2) is 0 Å². The zero-order valence-electron chi connectivity index (χ0n) is 20.5. The van der Waals surface area contributed by atoms with Crippen LogP contribution in [0.2, 0.25) is 0 Å². The summed E-state index contributed by atoms with van der Waals surface area (Å²) in [7, 11) is 0. The molecule has 216 valence electrons. The molecule has 0 radical (unpaired) electrons. The summed E-state index contributed by atoms with van der Waals surface area (Å²) < 4.78 is 69.0. The second kappa shape index (κ2) is 13.4. The van der Waals surface area contributed by atoms with Crippen LogP contribution >= 0.6 is 0 Å². The van der Waals surface area contributed by atoms with Gasteiger partial charge in [0, 0.05) is 37.4 Å². The van der Waals surface area contributed by atoms with Gasteiger partial charge in [-0.15, -0.1) is 0 Å². The van der Waals surface area contributed by atoms with E-state index in [1.807, 2.05) is 24.3 Å². The highest BCUT2D eigenvalue weighted by Crippen LogP contribution is 2.39. The molecule has 1 atom stereocenters. The van der Waals surface area contributed by atoms with Crippen LogP contribution < -0.4 is 0 Å². The molecular weight excluding hydrogens is 540 g/mol. The smallest absolute Gasteiger partial charge is 0.475 e. The first-order valence-corrected chi connectivity index (χ1v) is 11.6. The van der Waals surface area contributed by atoms with Crippen LogP contribution in [0.25, 0.3) is 0 Å². The van der Waals surface area contributed by atoms with Gasteiger partial charge < -0.3 is 19.5 Å². The lowest BCUT2D eigenvalue weighted by Gasteiger charge is -2.40. The molecule has 39 heavy (non-hydrogen) atoms. The molecule has 1 spiro atoms. The third kappa shape index (κ3) is 10.6. The number of likely N-dealkylation sites (tertiary alicyclic amines) is 2. The van der Waals surface area contributed by atoms with Crippen molar-refractivity contribution in [2.45, 2.75) is 44.6 Å². The molecule has 9 nitrogen and oxygen atoms in total. The predicted molar refractivity (Wildman–Crippen MR) is 122 cm³/mol. The van der Waals surface area contributed by atoms with E-state index in [1.165, 1.54) is 12.8 Å². The van der Waals surface area contributed by atoms with Crippen molar-refractivity contribution in [1.29, 1.82) is 0 Å². The van der Waals surface area contributed by atoms with Gasteiger partial charge in [0.1, 0.15) is 5.76 Å². The SMILES string of the molecule is O=C(Cc1cccnc1)N1CCCC2(CCN(Cc3ccco3)C2)C1.O=C(O)C(F)(F)F.O=C(O)C(F)(F)F. The number of alkyl halides is 6. The monoisotopic (exact) mass is 567 g/mol. The van der Waals surface area contributed by atoms with Crippen molar-refractivity contribution in [1.82, 2.24) is 14.8 Å². The Labute approximate surface area is 219 Å². The largest absolute Gasteiger partial charge is 0.490 e. The average Bonchev–Trinajstić information content (AvgIpc) is 3.50. The van der Waals surface area contributed by atoms with E-state index < -0.39 is 24.3 Å². The number of aliphatic carboxylic acids is 2. The van der Waals surface area contributed by atoms with E-state index in [0.717, 1.165) is 50.5 Å². The number of carboxylic acid groups (broad SMARTS) is 2. The van der Waals surface area contributed by atoms with Crippen LogP contribution in [0.4, 0.5) is 26.3 Å². The normalized spacial score (nSPS) is 19.5. The third-order valence-corrected chi connectivity index (χ3v) is 6.05. The maximum absolute atomic E-state index is 12.7. The molecule has 2 N–H and O–H groups in total. The second-order valence-corrected chi connectivity index (χ2v) is 9.10. The number of rotatable bonds is 4. The number of halogens is 6. The fraction of sp³-hybridized carbons (Fsp3) is 0.500. The Hall–Kier alpha value is -3.62. The van der Waals surface area contributed by atoms with Gasteiger partial charge in [-0.05, 0) is 49.6 Å².